The van der Waals surface area contributed by atoms with E-state index in [9.17, 15) is 9.59 Å². The lowest BCUT2D eigenvalue weighted by molar-refractivity contribution is -0.117. The first kappa shape index (κ1) is 11.0. The summed E-state index contributed by atoms with van der Waals surface area (Å²) in [6.45, 7) is 0. The highest BCUT2D eigenvalue weighted by Gasteiger charge is 2.08. The van der Waals surface area contributed by atoms with Crippen molar-refractivity contribution in [3.8, 4) is 0 Å². The minimum Gasteiger partial charge on any atom is -0.291 e. The average Bonchev–Trinajstić information content (AvgIpc) is 2.17. The third kappa shape index (κ3) is 3.01. The molecule has 0 atom stereocenters. The van der Waals surface area contributed by atoms with Gasteiger partial charge in [0.05, 0.1) is 0 Å². The van der Waals surface area contributed by atoms with Crippen LogP contribution in [0.3, 0.4) is 0 Å². The van der Waals surface area contributed by atoms with E-state index in [1.54, 1.807) is 18.2 Å². The summed E-state index contributed by atoms with van der Waals surface area (Å²) in [5.74, 6) is -1.28. The molecular weight excluding hydrogens is 225 g/mol. The van der Waals surface area contributed by atoms with Gasteiger partial charge in [-0.25, -0.2) is 0 Å². The number of hydrogen-bond donors (Lipinski definition) is 1. The zero-order valence-electron chi connectivity index (χ0n) is 7.09. The van der Waals surface area contributed by atoms with Crippen LogP contribution in [0.1, 0.15) is 10.4 Å². The van der Waals surface area contributed by atoms with Crippen molar-refractivity contribution in [3.63, 3.8) is 0 Å². The second-order valence-electron chi connectivity index (χ2n) is 2.52. The first-order chi connectivity index (χ1) is 6.63. The molecule has 2 amide bonds. The quantitative estimate of drug-likeness (QED) is 0.790. The largest absolute Gasteiger partial charge is 0.291 e. The number of imide groups is 1. The second-order valence-corrected chi connectivity index (χ2v) is 3.22. The van der Waals surface area contributed by atoms with Gasteiger partial charge in [-0.15, -0.1) is 11.6 Å². The summed E-state index contributed by atoms with van der Waals surface area (Å²) in [6, 6.07) is 6.30. The molecule has 0 radical (unpaired) electrons. The van der Waals surface area contributed by atoms with E-state index in [0.717, 1.165) is 0 Å². The lowest BCUT2D eigenvalue weighted by Gasteiger charge is -2.01. The lowest BCUT2D eigenvalue weighted by Crippen LogP contribution is -2.31. The number of rotatable bonds is 2. The molecule has 1 rings (SSSR count). The zero-order valence-corrected chi connectivity index (χ0v) is 8.60. The van der Waals surface area contributed by atoms with Crippen LogP contribution in [0.2, 0.25) is 5.02 Å². The number of amides is 2. The van der Waals surface area contributed by atoms with Crippen LogP contribution in [0.15, 0.2) is 24.3 Å². The molecule has 0 aliphatic heterocycles. The van der Waals surface area contributed by atoms with Crippen molar-refractivity contribution in [2.75, 3.05) is 5.88 Å². The normalized spacial score (nSPS) is 9.57. The number of halogens is 2. The minimum absolute atomic E-state index is 0.244. The molecular formula is C9H7Cl2NO2. The van der Waals surface area contributed by atoms with Crippen molar-refractivity contribution in [2.24, 2.45) is 0 Å². The van der Waals surface area contributed by atoms with E-state index < -0.39 is 11.8 Å². The topological polar surface area (TPSA) is 46.2 Å². The van der Waals surface area contributed by atoms with Crippen LogP contribution < -0.4 is 5.32 Å². The van der Waals surface area contributed by atoms with E-state index in [1.165, 1.54) is 6.07 Å². The highest BCUT2D eigenvalue weighted by molar-refractivity contribution is 6.31. The van der Waals surface area contributed by atoms with Crippen LogP contribution in [0.4, 0.5) is 0 Å². The lowest BCUT2D eigenvalue weighted by atomic mass is 10.2. The number of alkyl halides is 1. The van der Waals surface area contributed by atoms with Crippen LogP contribution in [-0.4, -0.2) is 17.7 Å². The smallest absolute Gasteiger partial charge is 0.257 e. The third-order valence-electron chi connectivity index (χ3n) is 1.46. The first-order valence-corrected chi connectivity index (χ1v) is 4.70. The van der Waals surface area contributed by atoms with E-state index in [-0.39, 0.29) is 5.88 Å². The second kappa shape index (κ2) is 4.98. The summed E-state index contributed by atoms with van der Waals surface area (Å²) >= 11 is 10.9. The van der Waals surface area contributed by atoms with Gasteiger partial charge in [0.1, 0.15) is 5.88 Å². The molecule has 14 heavy (non-hydrogen) atoms. The maximum Gasteiger partial charge on any atom is 0.257 e. The Morgan fingerprint density at radius 3 is 2.64 bits per heavy atom. The molecule has 1 aromatic rings. The Bertz CT molecular complexity index is 366. The van der Waals surface area contributed by atoms with Crippen molar-refractivity contribution < 1.29 is 9.59 Å². The SMILES string of the molecule is O=C(CCl)NC(=O)c1cccc(Cl)c1. The summed E-state index contributed by atoms with van der Waals surface area (Å²) in [5.41, 5.74) is 0.330. The summed E-state index contributed by atoms with van der Waals surface area (Å²) in [7, 11) is 0. The summed E-state index contributed by atoms with van der Waals surface area (Å²) in [5, 5.41) is 2.55. The highest BCUT2D eigenvalue weighted by atomic mass is 35.5. The van der Waals surface area contributed by atoms with Gasteiger partial charge in [0.25, 0.3) is 5.91 Å². The molecule has 0 saturated carbocycles. The zero-order chi connectivity index (χ0) is 10.6. The predicted molar refractivity (Wildman–Crippen MR) is 54.6 cm³/mol. The average molecular weight is 232 g/mol. The van der Waals surface area contributed by atoms with E-state index in [2.05, 4.69) is 5.32 Å². The van der Waals surface area contributed by atoms with Crippen molar-refractivity contribution >= 4 is 35.0 Å². The first-order valence-electron chi connectivity index (χ1n) is 3.79. The molecule has 0 unspecified atom stereocenters. The van der Waals surface area contributed by atoms with Gasteiger partial charge in [-0.05, 0) is 18.2 Å². The summed E-state index contributed by atoms with van der Waals surface area (Å²) in [6.07, 6.45) is 0. The minimum atomic E-state index is -0.531. The molecule has 1 aromatic carbocycles. The molecule has 0 bridgehead atoms. The van der Waals surface area contributed by atoms with Gasteiger partial charge < -0.3 is 0 Å². The standard InChI is InChI=1S/C9H7Cl2NO2/c10-5-8(13)12-9(14)6-2-1-3-7(11)4-6/h1-4H,5H2,(H,12,13,14). The number of benzene rings is 1. The highest BCUT2D eigenvalue weighted by Crippen LogP contribution is 2.10. The molecule has 5 heteroatoms. The van der Waals surface area contributed by atoms with Gasteiger partial charge in [0, 0.05) is 10.6 Å². The van der Waals surface area contributed by atoms with Crippen LogP contribution in [0.5, 0.6) is 0 Å². The molecule has 0 aromatic heterocycles. The molecule has 0 aliphatic rings. The fourth-order valence-electron chi connectivity index (χ4n) is 0.862. The number of hydrogen-bond acceptors (Lipinski definition) is 2. The van der Waals surface area contributed by atoms with E-state index in [4.69, 9.17) is 23.2 Å². The molecule has 0 heterocycles. The predicted octanol–water partition coefficient (Wildman–Crippen LogP) is 1.84. The van der Waals surface area contributed by atoms with Gasteiger partial charge in [-0.3, -0.25) is 14.9 Å². The van der Waals surface area contributed by atoms with Crippen molar-refractivity contribution in [3.05, 3.63) is 34.9 Å². The van der Waals surface area contributed by atoms with Crippen LogP contribution in [0, 0.1) is 0 Å². The van der Waals surface area contributed by atoms with Gasteiger partial charge in [0.15, 0.2) is 0 Å². The van der Waals surface area contributed by atoms with Gasteiger partial charge >= 0.3 is 0 Å². The summed E-state index contributed by atoms with van der Waals surface area (Å²) in [4.78, 5) is 22.1. The van der Waals surface area contributed by atoms with Gasteiger partial charge in [-0.2, -0.15) is 0 Å². The summed E-state index contributed by atoms with van der Waals surface area (Å²) < 4.78 is 0. The van der Waals surface area contributed by atoms with Crippen LogP contribution in [0.25, 0.3) is 0 Å². The number of carbonyl (C=O) groups is 2. The van der Waals surface area contributed by atoms with Crippen molar-refractivity contribution in [1.29, 1.82) is 0 Å². The fraction of sp³-hybridized carbons (Fsp3) is 0.111. The Hall–Kier alpha value is -1.06. The van der Waals surface area contributed by atoms with Crippen LogP contribution >= 0.6 is 23.2 Å². The van der Waals surface area contributed by atoms with Crippen LogP contribution in [-0.2, 0) is 4.79 Å². The van der Waals surface area contributed by atoms with Gasteiger partial charge in [0.2, 0.25) is 5.91 Å². The van der Waals surface area contributed by atoms with E-state index in [1.807, 2.05) is 0 Å². The van der Waals surface area contributed by atoms with Gasteiger partial charge in [-0.1, -0.05) is 17.7 Å². The number of carbonyl (C=O) groups excluding carboxylic acids is 2. The molecule has 0 fully saturated rings. The molecule has 0 spiro atoms. The molecule has 0 aliphatic carbocycles. The van der Waals surface area contributed by atoms with E-state index >= 15 is 0 Å². The Morgan fingerprint density at radius 2 is 2.07 bits per heavy atom. The monoisotopic (exact) mass is 231 g/mol. The Kier molecular flexibility index (Phi) is 3.92. The molecule has 3 nitrogen and oxygen atoms in total. The molecule has 1 N–H and O–H groups in total. The van der Waals surface area contributed by atoms with E-state index in [0.29, 0.717) is 10.6 Å². The fourth-order valence-corrected chi connectivity index (χ4v) is 1.12. The Balaban J connectivity index is 2.75. The maximum absolute atomic E-state index is 11.3. The van der Waals surface area contributed by atoms with Crippen molar-refractivity contribution in [1.82, 2.24) is 5.32 Å². The maximum atomic E-state index is 11.3. The van der Waals surface area contributed by atoms with Crippen molar-refractivity contribution in [2.45, 2.75) is 0 Å². The Labute approximate surface area is 91.0 Å². The third-order valence-corrected chi connectivity index (χ3v) is 1.94. The molecule has 0 saturated heterocycles. The Morgan fingerprint density at radius 1 is 1.36 bits per heavy atom. The molecule has 74 valence electrons. The number of nitrogens with one attached hydrogen (secondary N) is 1.